The number of hydrogen-bond acceptors (Lipinski definition) is 3. The Bertz CT molecular complexity index is 974. The van der Waals surface area contributed by atoms with Gasteiger partial charge in [0.25, 0.3) is 0 Å². The Hall–Kier alpha value is -2.34. The second-order valence-electron chi connectivity index (χ2n) is 8.65. The molecule has 1 amide bonds. The quantitative estimate of drug-likeness (QED) is 0.766. The molecule has 5 nitrogen and oxygen atoms in total. The minimum Gasteiger partial charge on any atom is -0.348 e. The monoisotopic (exact) mass is 416 g/mol. The van der Waals surface area contributed by atoms with Crippen molar-refractivity contribution in [1.29, 1.82) is 0 Å². The Morgan fingerprint density at radius 3 is 2.17 bits per heavy atom. The van der Waals surface area contributed by atoms with Gasteiger partial charge in [-0.1, -0.05) is 57.2 Å². The molecule has 0 heterocycles. The molecule has 2 aromatic carbocycles. The highest BCUT2D eigenvalue weighted by atomic mass is 32.2. The summed E-state index contributed by atoms with van der Waals surface area (Å²) >= 11 is 0. The van der Waals surface area contributed by atoms with Gasteiger partial charge < -0.3 is 5.32 Å². The molecule has 0 aliphatic rings. The van der Waals surface area contributed by atoms with Crippen LogP contribution in [0.15, 0.2) is 42.5 Å². The Kier molecular flexibility index (Phi) is 6.78. The van der Waals surface area contributed by atoms with Gasteiger partial charge in [-0.15, -0.1) is 0 Å². The lowest BCUT2D eigenvalue weighted by molar-refractivity contribution is -0.120. The summed E-state index contributed by atoms with van der Waals surface area (Å²) in [5, 5.41) is 2.92. The zero-order valence-electron chi connectivity index (χ0n) is 18.4. The molecule has 158 valence electrons. The van der Waals surface area contributed by atoms with E-state index in [-0.39, 0.29) is 23.9 Å². The number of nitrogens with one attached hydrogen (secondary N) is 1. The van der Waals surface area contributed by atoms with E-state index < -0.39 is 10.0 Å². The summed E-state index contributed by atoms with van der Waals surface area (Å²) in [7, 11) is -3.60. The molecular formula is C23H32N2O3S. The summed E-state index contributed by atoms with van der Waals surface area (Å²) in [5.41, 5.74) is 4.61. The van der Waals surface area contributed by atoms with Gasteiger partial charge >= 0.3 is 0 Å². The van der Waals surface area contributed by atoms with E-state index in [1.54, 1.807) is 12.1 Å². The molecule has 1 N–H and O–H groups in total. The van der Waals surface area contributed by atoms with E-state index in [9.17, 15) is 13.2 Å². The number of carbonyl (C=O) groups is 1. The molecule has 0 aliphatic heterocycles. The van der Waals surface area contributed by atoms with E-state index >= 15 is 0 Å². The van der Waals surface area contributed by atoms with Crippen LogP contribution in [-0.4, -0.2) is 27.1 Å². The van der Waals surface area contributed by atoms with Crippen LogP contribution in [0.25, 0.3) is 0 Å². The minimum absolute atomic E-state index is 0.0622. The van der Waals surface area contributed by atoms with Crippen molar-refractivity contribution in [1.82, 2.24) is 5.32 Å². The van der Waals surface area contributed by atoms with Crippen molar-refractivity contribution in [3.8, 4) is 0 Å². The second kappa shape index (κ2) is 8.57. The largest absolute Gasteiger partial charge is 0.348 e. The average molecular weight is 417 g/mol. The summed E-state index contributed by atoms with van der Waals surface area (Å²) in [6, 6.07) is 13.4. The number of amides is 1. The first-order chi connectivity index (χ1) is 13.3. The number of carbonyl (C=O) groups excluding carboxylic acids is 1. The van der Waals surface area contributed by atoms with Crippen LogP contribution in [-0.2, 0) is 20.2 Å². The van der Waals surface area contributed by atoms with Crippen molar-refractivity contribution in [2.45, 2.75) is 53.0 Å². The molecule has 29 heavy (non-hydrogen) atoms. The molecule has 0 saturated heterocycles. The van der Waals surface area contributed by atoms with E-state index in [0.29, 0.717) is 5.69 Å². The molecule has 0 unspecified atom stereocenters. The first kappa shape index (κ1) is 22.9. The third-order valence-corrected chi connectivity index (χ3v) is 6.31. The maximum Gasteiger partial charge on any atom is 0.241 e. The molecule has 0 spiro atoms. The van der Waals surface area contributed by atoms with Crippen molar-refractivity contribution in [2.75, 3.05) is 17.1 Å². The number of anilines is 1. The van der Waals surface area contributed by atoms with E-state index in [2.05, 4.69) is 38.2 Å². The SMILES string of the molecule is Cc1cccc(N(CC(=O)N[C@@H](C)c2ccc(C(C)(C)C)cc2)S(C)(=O)=O)c1C. The van der Waals surface area contributed by atoms with Gasteiger partial charge in [-0.3, -0.25) is 9.10 Å². The van der Waals surface area contributed by atoms with Gasteiger partial charge in [-0.2, -0.15) is 0 Å². The first-order valence-corrected chi connectivity index (χ1v) is 11.6. The maximum atomic E-state index is 12.7. The number of rotatable bonds is 6. The number of benzene rings is 2. The lowest BCUT2D eigenvalue weighted by Gasteiger charge is -2.25. The predicted molar refractivity (Wildman–Crippen MR) is 120 cm³/mol. The van der Waals surface area contributed by atoms with Gasteiger partial charge in [0.05, 0.1) is 18.0 Å². The third kappa shape index (κ3) is 5.82. The second-order valence-corrected chi connectivity index (χ2v) is 10.6. The fourth-order valence-corrected chi connectivity index (χ4v) is 4.07. The highest BCUT2D eigenvalue weighted by molar-refractivity contribution is 7.92. The van der Waals surface area contributed by atoms with Gasteiger partial charge in [-0.05, 0) is 54.5 Å². The number of hydrogen-bond donors (Lipinski definition) is 1. The molecule has 0 radical (unpaired) electrons. The summed E-state index contributed by atoms with van der Waals surface area (Å²) < 4.78 is 25.9. The van der Waals surface area contributed by atoms with Gasteiger partial charge in [0.2, 0.25) is 15.9 Å². The van der Waals surface area contributed by atoms with Crippen LogP contribution in [0.1, 0.15) is 56.0 Å². The molecular weight excluding hydrogens is 384 g/mol. The zero-order valence-corrected chi connectivity index (χ0v) is 19.2. The Morgan fingerprint density at radius 1 is 1.07 bits per heavy atom. The maximum absolute atomic E-state index is 12.7. The summed E-state index contributed by atoms with van der Waals surface area (Å²) in [6.07, 6.45) is 1.12. The number of sulfonamides is 1. The zero-order chi connectivity index (χ0) is 22.0. The van der Waals surface area contributed by atoms with E-state index in [1.807, 2.05) is 39.0 Å². The van der Waals surface area contributed by atoms with Gasteiger partial charge in [0.15, 0.2) is 0 Å². The molecule has 6 heteroatoms. The molecule has 2 rings (SSSR count). The van der Waals surface area contributed by atoms with Gasteiger partial charge in [-0.25, -0.2) is 8.42 Å². The molecule has 2 aromatic rings. The molecule has 1 atom stereocenters. The van der Waals surface area contributed by atoms with E-state index in [0.717, 1.165) is 22.9 Å². The van der Waals surface area contributed by atoms with Crippen LogP contribution in [0.3, 0.4) is 0 Å². The molecule has 0 aliphatic carbocycles. The average Bonchev–Trinajstić information content (AvgIpc) is 2.61. The molecule has 0 bridgehead atoms. The van der Waals surface area contributed by atoms with E-state index in [4.69, 9.17) is 0 Å². The smallest absolute Gasteiger partial charge is 0.241 e. The topological polar surface area (TPSA) is 66.5 Å². The van der Waals surface area contributed by atoms with E-state index in [1.165, 1.54) is 9.87 Å². The fourth-order valence-electron chi connectivity index (χ4n) is 3.16. The Balaban J connectivity index is 2.17. The summed E-state index contributed by atoms with van der Waals surface area (Å²) in [5.74, 6) is -0.344. The van der Waals surface area contributed by atoms with Gasteiger partial charge in [0.1, 0.15) is 6.54 Å². The lowest BCUT2D eigenvalue weighted by Crippen LogP contribution is -2.41. The Morgan fingerprint density at radius 2 is 1.66 bits per heavy atom. The Labute approximate surface area is 175 Å². The summed E-state index contributed by atoms with van der Waals surface area (Å²) in [6.45, 7) is 11.9. The number of aryl methyl sites for hydroxylation is 1. The van der Waals surface area contributed by atoms with Crippen LogP contribution >= 0.6 is 0 Å². The van der Waals surface area contributed by atoms with Crippen molar-refractivity contribution >= 4 is 21.6 Å². The van der Waals surface area contributed by atoms with Gasteiger partial charge in [0, 0.05) is 0 Å². The van der Waals surface area contributed by atoms with Crippen LogP contribution in [0, 0.1) is 13.8 Å². The van der Waals surface area contributed by atoms with Crippen molar-refractivity contribution in [3.05, 3.63) is 64.7 Å². The lowest BCUT2D eigenvalue weighted by atomic mass is 9.86. The minimum atomic E-state index is -3.60. The van der Waals surface area contributed by atoms with Crippen molar-refractivity contribution < 1.29 is 13.2 Å². The standard InChI is InChI=1S/C23H32N2O3S/c1-16-9-8-10-21(17(16)2)25(29(7,27)28)15-22(26)24-18(3)19-11-13-20(14-12-19)23(4,5)6/h8-14,18H,15H2,1-7H3,(H,24,26)/t18-/m0/s1. The molecule has 0 saturated carbocycles. The first-order valence-electron chi connectivity index (χ1n) is 9.74. The van der Waals surface area contributed by atoms with Crippen LogP contribution in [0.4, 0.5) is 5.69 Å². The van der Waals surface area contributed by atoms with Crippen LogP contribution in [0.2, 0.25) is 0 Å². The normalized spacial score (nSPS) is 13.1. The fraction of sp³-hybridized carbons (Fsp3) is 0.435. The van der Waals surface area contributed by atoms with Crippen molar-refractivity contribution in [3.63, 3.8) is 0 Å². The number of nitrogens with zero attached hydrogens (tertiary/aromatic N) is 1. The third-order valence-electron chi connectivity index (χ3n) is 5.19. The predicted octanol–water partition coefficient (Wildman–Crippen LogP) is 4.24. The molecule has 0 aromatic heterocycles. The van der Waals surface area contributed by atoms with Crippen LogP contribution in [0.5, 0.6) is 0 Å². The molecule has 0 fully saturated rings. The van der Waals surface area contributed by atoms with Crippen molar-refractivity contribution in [2.24, 2.45) is 0 Å². The summed E-state index contributed by atoms with van der Waals surface area (Å²) in [4.78, 5) is 12.7. The van der Waals surface area contributed by atoms with Crippen LogP contribution < -0.4 is 9.62 Å². The highest BCUT2D eigenvalue weighted by Crippen LogP contribution is 2.26. The highest BCUT2D eigenvalue weighted by Gasteiger charge is 2.23.